The van der Waals surface area contributed by atoms with Crippen LogP contribution in [0.1, 0.15) is 19.3 Å². The summed E-state index contributed by atoms with van der Waals surface area (Å²) in [5, 5.41) is 7.10. The molecular formula is C8H12N4OS. The van der Waals surface area contributed by atoms with Crippen molar-refractivity contribution in [3.05, 3.63) is 6.20 Å². The average molecular weight is 212 g/mol. The molecular weight excluding hydrogens is 200 g/mol. The normalized spacial score (nSPS) is 26.4. The Kier molecular flexibility index (Phi) is 2.74. The van der Waals surface area contributed by atoms with Gasteiger partial charge in [0.25, 0.3) is 0 Å². The third-order valence-corrected chi connectivity index (χ3v) is 3.09. The van der Waals surface area contributed by atoms with Gasteiger partial charge in [-0.15, -0.1) is 5.10 Å². The highest BCUT2D eigenvalue weighted by Crippen LogP contribution is 2.25. The summed E-state index contributed by atoms with van der Waals surface area (Å²) in [6, 6.07) is 0.0101. The third-order valence-electron chi connectivity index (χ3n) is 2.51. The minimum absolute atomic E-state index is 0.000972. The lowest BCUT2D eigenvalue weighted by molar-refractivity contribution is -0.120. The summed E-state index contributed by atoms with van der Waals surface area (Å²) in [5.74, 6) is -0.0434. The Labute approximate surface area is 85.9 Å². The molecule has 2 unspecified atom stereocenters. The summed E-state index contributed by atoms with van der Waals surface area (Å²) in [5.41, 5.74) is 5.82. The number of nitrogens with zero attached hydrogens (tertiary/aromatic N) is 2. The molecule has 1 aliphatic rings. The van der Waals surface area contributed by atoms with E-state index < -0.39 is 0 Å². The Morgan fingerprint density at radius 1 is 1.64 bits per heavy atom. The highest BCUT2D eigenvalue weighted by atomic mass is 32.1. The minimum Gasteiger partial charge on any atom is -0.327 e. The lowest BCUT2D eigenvalue weighted by atomic mass is 10.0. The van der Waals surface area contributed by atoms with Crippen molar-refractivity contribution < 1.29 is 4.79 Å². The molecule has 1 amide bonds. The molecule has 1 saturated carbocycles. The predicted molar refractivity (Wildman–Crippen MR) is 53.9 cm³/mol. The molecule has 14 heavy (non-hydrogen) atoms. The van der Waals surface area contributed by atoms with E-state index in [1.54, 1.807) is 6.20 Å². The number of hydrogen-bond donors (Lipinski definition) is 2. The Hall–Kier alpha value is -1.01. The second-order valence-electron chi connectivity index (χ2n) is 3.47. The number of amides is 1. The van der Waals surface area contributed by atoms with Gasteiger partial charge in [-0.25, -0.2) is 0 Å². The number of anilines is 1. The Balaban J connectivity index is 1.95. The zero-order valence-electron chi connectivity index (χ0n) is 7.64. The average Bonchev–Trinajstić information content (AvgIpc) is 2.75. The van der Waals surface area contributed by atoms with Crippen molar-refractivity contribution in [3.8, 4) is 0 Å². The number of aromatic nitrogens is 2. The van der Waals surface area contributed by atoms with Crippen LogP contribution in [0, 0.1) is 5.92 Å². The van der Waals surface area contributed by atoms with E-state index in [-0.39, 0.29) is 17.9 Å². The standard InChI is InChI=1S/C8H12N4OS/c9-6-3-1-2-5(6)8(13)11-7-4-10-12-14-7/h4-6H,1-3,9H2,(H,11,13). The van der Waals surface area contributed by atoms with Crippen LogP contribution in [0.4, 0.5) is 5.00 Å². The van der Waals surface area contributed by atoms with Crippen LogP contribution in [0.25, 0.3) is 0 Å². The molecule has 0 saturated heterocycles. The van der Waals surface area contributed by atoms with Crippen LogP contribution in [-0.2, 0) is 4.79 Å². The van der Waals surface area contributed by atoms with Crippen LogP contribution in [0.5, 0.6) is 0 Å². The number of carbonyl (C=O) groups excluding carboxylic acids is 1. The van der Waals surface area contributed by atoms with Crippen molar-refractivity contribution in [2.24, 2.45) is 11.7 Å². The van der Waals surface area contributed by atoms with E-state index in [4.69, 9.17) is 5.73 Å². The van der Waals surface area contributed by atoms with Crippen molar-refractivity contribution in [1.82, 2.24) is 9.59 Å². The Bertz CT molecular complexity index is 313. The quantitative estimate of drug-likeness (QED) is 0.752. The maximum absolute atomic E-state index is 11.7. The molecule has 0 bridgehead atoms. The zero-order chi connectivity index (χ0) is 9.97. The number of carbonyl (C=O) groups is 1. The first-order chi connectivity index (χ1) is 6.77. The SMILES string of the molecule is NC1CCCC1C(=O)Nc1cnns1. The molecule has 5 nitrogen and oxygen atoms in total. The van der Waals surface area contributed by atoms with E-state index >= 15 is 0 Å². The summed E-state index contributed by atoms with van der Waals surface area (Å²) >= 11 is 1.18. The highest BCUT2D eigenvalue weighted by Gasteiger charge is 2.30. The van der Waals surface area contributed by atoms with Gasteiger partial charge in [0, 0.05) is 17.6 Å². The summed E-state index contributed by atoms with van der Waals surface area (Å²) in [7, 11) is 0. The molecule has 1 fully saturated rings. The predicted octanol–water partition coefficient (Wildman–Crippen LogP) is 0.604. The van der Waals surface area contributed by atoms with E-state index in [0.717, 1.165) is 19.3 Å². The van der Waals surface area contributed by atoms with Gasteiger partial charge in [-0.3, -0.25) is 4.79 Å². The van der Waals surface area contributed by atoms with Gasteiger partial charge in [-0.05, 0) is 12.8 Å². The first-order valence-electron chi connectivity index (χ1n) is 4.61. The maximum Gasteiger partial charge on any atom is 0.229 e. The molecule has 1 aliphatic carbocycles. The third kappa shape index (κ3) is 1.91. The van der Waals surface area contributed by atoms with Gasteiger partial charge in [0.2, 0.25) is 5.91 Å². The van der Waals surface area contributed by atoms with Crippen LogP contribution < -0.4 is 11.1 Å². The van der Waals surface area contributed by atoms with Crippen LogP contribution in [0.15, 0.2) is 6.20 Å². The monoisotopic (exact) mass is 212 g/mol. The fourth-order valence-corrected chi connectivity index (χ4v) is 2.17. The molecule has 1 heterocycles. The van der Waals surface area contributed by atoms with Crippen molar-refractivity contribution in [3.63, 3.8) is 0 Å². The van der Waals surface area contributed by atoms with Gasteiger partial charge in [0.15, 0.2) is 0 Å². The lowest BCUT2D eigenvalue weighted by Gasteiger charge is -2.13. The fourth-order valence-electron chi connectivity index (χ4n) is 1.75. The Morgan fingerprint density at radius 3 is 3.07 bits per heavy atom. The zero-order valence-corrected chi connectivity index (χ0v) is 8.46. The number of rotatable bonds is 2. The van der Waals surface area contributed by atoms with E-state index in [2.05, 4.69) is 14.9 Å². The van der Waals surface area contributed by atoms with Gasteiger partial charge >= 0.3 is 0 Å². The van der Waals surface area contributed by atoms with Crippen LogP contribution >= 0.6 is 11.5 Å². The van der Waals surface area contributed by atoms with Crippen LogP contribution in [0.2, 0.25) is 0 Å². The number of hydrogen-bond acceptors (Lipinski definition) is 5. The smallest absolute Gasteiger partial charge is 0.229 e. The summed E-state index contributed by atoms with van der Waals surface area (Å²) in [6.07, 6.45) is 4.42. The topological polar surface area (TPSA) is 80.9 Å². The van der Waals surface area contributed by atoms with E-state index in [0.29, 0.717) is 5.00 Å². The molecule has 2 atom stereocenters. The minimum atomic E-state index is -0.0444. The second kappa shape index (κ2) is 4.02. The first kappa shape index (κ1) is 9.54. The molecule has 1 aromatic heterocycles. The molecule has 0 aromatic carbocycles. The van der Waals surface area contributed by atoms with Gasteiger partial charge in [-0.1, -0.05) is 10.9 Å². The van der Waals surface area contributed by atoms with Crippen molar-refractivity contribution in [1.29, 1.82) is 0 Å². The van der Waals surface area contributed by atoms with Gasteiger partial charge < -0.3 is 11.1 Å². The molecule has 6 heteroatoms. The lowest BCUT2D eigenvalue weighted by Crippen LogP contribution is -2.34. The molecule has 1 aromatic rings. The second-order valence-corrected chi connectivity index (χ2v) is 4.26. The highest BCUT2D eigenvalue weighted by molar-refractivity contribution is 7.10. The van der Waals surface area contributed by atoms with Crippen LogP contribution in [0.3, 0.4) is 0 Å². The largest absolute Gasteiger partial charge is 0.327 e. The van der Waals surface area contributed by atoms with Crippen molar-refractivity contribution in [2.75, 3.05) is 5.32 Å². The fraction of sp³-hybridized carbons (Fsp3) is 0.625. The van der Waals surface area contributed by atoms with E-state index in [9.17, 15) is 4.79 Å². The molecule has 2 rings (SSSR count). The Morgan fingerprint density at radius 2 is 2.50 bits per heavy atom. The maximum atomic E-state index is 11.7. The van der Waals surface area contributed by atoms with Crippen LogP contribution in [-0.4, -0.2) is 21.5 Å². The molecule has 3 N–H and O–H groups in total. The number of nitrogens with two attached hydrogens (primary N) is 1. The van der Waals surface area contributed by atoms with Crippen molar-refractivity contribution >= 4 is 22.4 Å². The summed E-state index contributed by atoms with van der Waals surface area (Å²) in [6.45, 7) is 0. The van der Waals surface area contributed by atoms with Crippen molar-refractivity contribution in [2.45, 2.75) is 25.3 Å². The molecule has 76 valence electrons. The van der Waals surface area contributed by atoms with E-state index in [1.807, 2.05) is 0 Å². The number of nitrogens with one attached hydrogen (secondary N) is 1. The summed E-state index contributed by atoms with van der Waals surface area (Å²) in [4.78, 5) is 11.7. The van der Waals surface area contributed by atoms with Gasteiger partial charge in [-0.2, -0.15) is 0 Å². The van der Waals surface area contributed by atoms with Gasteiger partial charge in [0.1, 0.15) is 5.00 Å². The summed E-state index contributed by atoms with van der Waals surface area (Å²) < 4.78 is 3.67. The first-order valence-corrected chi connectivity index (χ1v) is 5.38. The molecule has 0 aliphatic heterocycles. The van der Waals surface area contributed by atoms with E-state index in [1.165, 1.54) is 11.5 Å². The molecule has 0 spiro atoms. The molecule has 0 radical (unpaired) electrons. The van der Waals surface area contributed by atoms with Gasteiger partial charge in [0.05, 0.1) is 12.1 Å².